The van der Waals surface area contributed by atoms with E-state index in [1.807, 2.05) is 4.68 Å². The maximum absolute atomic E-state index is 15.8. The van der Waals surface area contributed by atoms with E-state index in [0.29, 0.717) is 68.4 Å². The molecule has 15 heteroatoms. The topological polar surface area (TPSA) is 115 Å². The fraction of sp³-hybridized carbons (Fsp3) is 0.514. The summed E-state index contributed by atoms with van der Waals surface area (Å²) in [5.41, 5.74) is 7.35. The molecule has 3 aromatic rings. The number of hydrogen-bond donors (Lipinski definition) is 1. The van der Waals surface area contributed by atoms with Crippen molar-refractivity contribution in [3.63, 3.8) is 0 Å². The lowest BCUT2D eigenvalue weighted by Gasteiger charge is -2.33. The van der Waals surface area contributed by atoms with E-state index in [4.69, 9.17) is 30.3 Å². The van der Waals surface area contributed by atoms with Crippen LogP contribution in [0.25, 0.3) is 0 Å². The van der Waals surface area contributed by atoms with Crippen LogP contribution < -0.4 is 15.4 Å². The van der Waals surface area contributed by atoms with Crippen LogP contribution in [0.15, 0.2) is 18.2 Å². The first-order chi connectivity index (χ1) is 24.9. The van der Waals surface area contributed by atoms with Gasteiger partial charge in [-0.1, -0.05) is 18.1 Å². The highest BCUT2D eigenvalue weighted by molar-refractivity contribution is 5.95. The number of aryl methyl sites for hydroxylation is 1. The van der Waals surface area contributed by atoms with Crippen LogP contribution in [0.4, 0.5) is 29.1 Å². The van der Waals surface area contributed by atoms with Crippen LogP contribution in [-0.2, 0) is 43.5 Å². The number of nitrogen functional groups attached to an aromatic ring is 1. The Labute approximate surface area is 298 Å². The molecule has 0 bridgehead atoms. The smallest absolute Gasteiger partial charge is 0.418 e. The SMILES string of the molecule is C=C1CN2CCC[C@@]2(COc2nc3c(c(N4CCCn5nc6c(c5C4)CCN(C)C6=O)n2)CO[C@@H](c2c(F)c(N)cc(C#CC)c2C(F)(F)F)C3)C1. The van der Waals surface area contributed by atoms with Gasteiger partial charge in [0.05, 0.1) is 47.4 Å². The summed E-state index contributed by atoms with van der Waals surface area (Å²) < 4.78 is 74.0. The summed E-state index contributed by atoms with van der Waals surface area (Å²) in [7, 11) is 1.77. The quantitative estimate of drug-likeness (QED) is 0.172. The zero-order valence-corrected chi connectivity index (χ0v) is 29.2. The van der Waals surface area contributed by atoms with E-state index in [1.165, 1.54) is 6.92 Å². The fourth-order valence-electron chi connectivity index (χ4n) is 8.67. The molecule has 0 radical (unpaired) electrons. The maximum Gasteiger partial charge on any atom is 0.418 e. The van der Waals surface area contributed by atoms with Crippen molar-refractivity contribution in [2.45, 2.75) is 83.0 Å². The summed E-state index contributed by atoms with van der Waals surface area (Å²) >= 11 is 0. The lowest BCUT2D eigenvalue weighted by atomic mass is 9.90. The molecule has 11 nitrogen and oxygen atoms in total. The molecule has 274 valence electrons. The molecule has 0 saturated carbocycles. The van der Waals surface area contributed by atoms with E-state index in [9.17, 15) is 18.0 Å². The number of anilines is 2. The first-order valence-electron chi connectivity index (χ1n) is 17.6. The molecule has 7 heterocycles. The van der Waals surface area contributed by atoms with Crippen molar-refractivity contribution in [3.8, 4) is 17.9 Å². The minimum absolute atomic E-state index is 0.0892. The third-order valence-electron chi connectivity index (χ3n) is 11.1. The molecule has 2 fully saturated rings. The van der Waals surface area contributed by atoms with Crippen molar-refractivity contribution in [1.82, 2.24) is 29.5 Å². The predicted octanol–water partition coefficient (Wildman–Crippen LogP) is 4.81. The molecule has 5 aliphatic heterocycles. The molecular formula is C37H40F4N8O3. The summed E-state index contributed by atoms with van der Waals surface area (Å²) in [6.45, 7) is 9.67. The molecule has 0 aliphatic carbocycles. The summed E-state index contributed by atoms with van der Waals surface area (Å²) in [6.07, 6.45) is -2.33. The van der Waals surface area contributed by atoms with Crippen molar-refractivity contribution < 1.29 is 31.8 Å². The summed E-state index contributed by atoms with van der Waals surface area (Å²) in [6, 6.07) is 1.00. The fourth-order valence-corrected chi connectivity index (χ4v) is 8.67. The number of carbonyl (C=O) groups is 1. The van der Waals surface area contributed by atoms with Crippen LogP contribution in [0, 0.1) is 17.7 Å². The highest BCUT2D eigenvalue weighted by Crippen LogP contribution is 2.45. The molecule has 2 saturated heterocycles. The first-order valence-corrected chi connectivity index (χ1v) is 17.6. The van der Waals surface area contributed by atoms with Crippen molar-refractivity contribution in [2.75, 3.05) is 50.5 Å². The Bertz CT molecular complexity index is 2050. The zero-order valence-electron chi connectivity index (χ0n) is 29.2. The Balaban J connectivity index is 1.20. The molecule has 0 unspecified atom stereocenters. The number of fused-ring (bicyclic) bond motifs is 5. The van der Waals surface area contributed by atoms with Gasteiger partial charge in [-0.3, -0.25) is 14.4 Å². The number of hydrogen-bond acceptors (Lipinski definition) is 9. The largest absolute Gasteiger partial charge is 0.461 e. The first kappa shape index (κ1) is 34.4. The average Bonchev–Trinajstić information content (AvgIpc) is 3.69. The van der Waals surface area contributed by atoms with E-state index in [0.717, 1.165) is 55.2 Å². The van der Waals surface area contributed by atoms with Gasteiger partial charge in [-0.2, -0.15) is 28.2 Å². The number of ether oxygens (including phenoxy) is 2. The van der Waals surface area contributed by atoms with Crippen LogP contribution in [0.5, 0.6) is 6.01 Å². The van der Waals surface area contributed by atoms with Crippen LogP contribution >= 0.6 is 0 Å². The third-order valence-corrected chi connectivity index (χ3v) is 11.1. The van der Waals surface area contributed by atoms with Gasteiger partial charge in [-0.05, 0) is 51.6 Å². The zero-order chi connectivity index (χ0) is 36.5. The van der Waals surface area contributed by atoms with Gasteiger partial charge in [0, 0.05) is 61.9 Å². The standard InChI is InChI=1S/C37H40F4N8O3/c1-4-7-22-14-25(42)31(38)29(30(22)37(39,40)41)28-15-26-24(19-51-28)33(44-35(43-26)52-20-36-9-5-11-48(36)17-21(2)16-36)47-10-6-12-49-27(18-47)23-8-13-46(3)34(50)32(23)45-49/h14,28H,2,5-6,8-13,15-20,42H2,1,3H3/t28-,36+/m1/s1. The van der Waals surface area contributed by atoms with Gasteiger partial charge in [0.15, 0.2) is 11.5 Å². The summed E-state index contributed by atoms with van der Waals surface area (Å²) in [4.78, 5) is 28.8. The number of aromatic nitrogens is 4. The molecule has 0 spiro atoms. The Morgan fingerprint density at radius 3 is 2.77 bits per heavy atom. The van der Waals surface area contributed by atoms with Crippen LogP contribution in [0.1, 0.15) is 88.4 Å². The molecule has 2 N–H and O–H groups in total. The molecule has 2 atom stereocenters. The van der Waals surface area contributed by atoms with E-state index >= 15 is 4.39 Å². The van der Waals surface area contributed by atoms with Crippen LogP contribution in [0.3, 0.4) is 0 Å². The molecule has 8 rings (SSSR count). The normalized spacial score (nSPS) is 23.1. The highest BCUT2D eigenvalue weighted by atomic mass is 19.4. The third kappa shape index (κ3) is 5.76. The van der Waals surface area contributed by atoms with Gasteiger partial charge < -0.3 is 25.0 Å². The number of carbonyl (C=O) groups excluding carboxylic acids is 1. The second kappa shape index (κ2) is 12.8. The Morgan fingerprint density at radius 1 is 1.15 bits per heavy atom. The van der Waals surface area contributed by atoms with E-state index in [-0.39, 0.29) is 30.5 Å². The highest BCUT2D eigenvalue weighted by Gasteiger charge is 2.47. The predicted molar refractivity (Wildman–Crippen MR) is 183 cm³/mol. The lowest BCUT2D eigenvalue weighted by molar-refractivity contribution is -0.140. The number of nitrogens with two attached hydrogens (primary N) is 1. The molecule has 2 aromatic heterocycles. The van der Waals surface area contributed by atoms with Gasteiger partial charge in [-0.25, -0.2) is 4.39 Å². The minimum atomic E-state index is -4.93. The summed E-state index contributed by atoms with van der Waals surface area (Å²) in [5.74, 6) is 4.15. The Hall–Kier alpha value is -4.68. The Morgan fingerprint density at radius 2 is 1.98 bits per heavy atom. The van der Waals surface area contributed by atoms with E-state index in [2.05, 4.69) is 28.2 Å². The Kier molecular flexibility index (Phi) is 8.45. The monoisotopic (exact) mass is 720 g/mol. The van der Waals surface area contributed by atoms with Crippen molar-refractivity contribution >= 4 is 17.4 Å². The molecule has 52 heavy (non-hydrogen) atoms. The second-order valence-corrected chi connectivity index (χ2v) is 14.5. The second-order valence-electron chi connectivity index (χ2n) is 14.5. The van der Waals surface area contributed by atoms with E-state index in [1.54, 1.807) is 11.9 Å². The average molecular weight is 721 g/mol. The van der Waals surface area contributed by atoms with Crippen LogP contribution in [-0.4, -0.2) is 80.8 Å². The van der Waals surface area contributed by atoms with Gasteiger partial charge in [0.25, 0.3) is 5.91 Å². The number of nitrogens with zero attached hydrogens (tertiary/aromatic N) is 7. The maximum atomic E-state index is 15.8. The van der Waals surface area contributed by atoms with Crippen molar-refractivity contribution in [1.29, 1.82) is 0 Å². The number of benzene rings is 1. The lowest BCUT2D eigenvalue weighted by Crippen LogP contribution is -2.43. The molecule has 1 aromatic carbocycles. The van der Waals surface area contributed by atoms with Crippen molar-refractivity contribution in [2.24, 2.45) is 0 Å². The minimum Gasteiger partial charge on any atom is -0.461 e. The molecule has 1 amide bonds. The van der Waals surface area contributed by atoms with E-state index < -0.39 is 40.5 Å². The number of likely N-dealkylation sites (N-methyl/N-ethyl adjacent to an activating group) is 1. The van der Waals surface area contributed by atoms with Gasteiger partial charge >= 0.3 is 12.2 Å². The molecule has 5 aliphatic rings. The van der Waals surface area contributed by atoms with Crippen molar-refractivity contribution in [3.05, 3.63) is 68.9 Å². The number of alkyl halides is 3. The number of amides is 1. The van der Waals surface area contributed by atoms with Gasteiger partial charge in [0.1, 0.15) is 12.4 Å². The van der Waals surface area contributed by atoms with Gasteiger partial charge in [-0.15, -0.1) is 5.92 Å². The van der Waals surface area contributed by atoms with Gasteiger partial charge in [0.2, 0.25) is 0 Å². The number of halogens is 4. The number of rotatable bonds is 5. The van der Waals surface area contributed by atoms with Crippen LogP contribution in [0.2, 0.25) is 0 Å². The summed E-state index contributed by atoms with van der Waals surface area (Å²) in [5, 5.41) is 4.69. The molecular weight excluding hydrogens is 680 g/mol.